The number of thioether (sulfide) groups is 1. The van der Waals surface area contributed by atoms with Crippen molar-refractivity contribution in [2.24, 2.45) is 0 Å². The number of benzene rings is 1. The van der Waals surface area contributed by atoms with Crippen molar-refractivity contribution in [3.8, 4) is 0 Å². The molecule has 1 aromatic rings. The molecule has 108 valence electrons. The Morgan fingerprint density at radius 1 is 1.30 bits per heavy atom. The third-order valence-corrected chi connectivity index (χ3v) is 2.94. The maximum atomic E-state index is 11.3. The summed E-state index contributed by atoms with van der Waals surface area (Å²) in [5.41, 5.74) is 0. The molecule has 0 saturated heterocycles. The fourth-order valence-corrected chi connectivity index (χ4v) is 1.85. The molecule has 0 aliphatic rings. The first-order chi connectivity index (χ1) is 9.72. The number of nitrogens with one attached hydrogen (secondary N) is 1. The molecule has 0 spiro atoms. The maximum Gasteiger partial charge on any atom is 0.331 e. The van der Waals surface area contributed by atoms with Gasteiger partial charge in [0.15, 0.2) is 6.61 Å². The van der Waals surface area contributed by atoms with Crippen LogP contribution in [0.15, 0.2) is 46.7 Å². The highest BCUT2D eigenvalue weighted by molar-refractivity contribution is 8.02. The van der Waals surface area contributed by atoms with Crippen molar-refractivity contribution in [2.75, 3.05) is 26.9 Å². The molecule has 5 nitrogen and oxygen atoms in total. The number of esters is 1. The highest BCUT2D eigenvalue weighted by atomic mass is 32.2. The van der Waals surface area contributed by atoms with Crippen LogP contribution >= 0.6 is 11.8 Å². The standard InChI is InChI=1S/C14H17NO4S/c1-18-9-8-15-13(16)11-19-14(17)7-10-20-12-5-3-2-4-6-12/h2-7,10H,8-9,11H2,1H3,(H,15,16)/b10-7+. The van der Waals surface area contributed by atoms with E-state index in [1.54, 1.807) is 12.5 Å². The van der Waals surface area contributed by atoms with Crippen molar-refractivity contribution in [3.63, 3.8) is 0 Å². The van der Waals surface area contributed by atoms with E-state index in [2.05, 4.69) is 5.32 Å². The van der Waals surface area contributed by atoms with E-state index in [1.807, 2.05) is 30.3 Å². The van der Waals surface area contributed by atoms with Crippen LogP contribution in [-0.2, 0) is 19.1 Å². The lowest BCUT2D eigenvalue weighted by Gasteiger charge is -2.04. The van der Waals surface area contributed by atoms with Crippen LogP contribution < -0.4 is 5.32 Å². The van der Waals surface area contributed by atoms with E-state index in [4.69, 9.17) is 9.47 Å². The first kappa shape index (κ1) is 16.3. The highest BCUT2D eigenvalue weighted by Crippen LogP contribution is 2.17. The van der Waals surface area contributed by atoms with Crippen molar-refractivity contribution >= 4 is 23.6 Å². The van der Waals surface area contributed by atoms with Gasteiger partial charge in [0.25, 0.3) is 5.91 Å². The summed E-state index contributed by atoms with van der Waals surface area (Å²) < 4.78 is 9.56. The van der Waals surface area contributed by atoms with Crippen molar-refractivity contribution in [3.05, 3.63) is 41.8 Å². The van der Waals surface area contributed by atoms with Gasteiger partial charge in [0.1, 0.15) is 0 Å². The summed E-state index contributed by atoms with van der Waals surface area (Å²) in [4.78, 5) is 23.6. The van der Waals surface area contributed by atoms with Crippen LogP contribution in [-0.4, -0.2) is 38.7 Å². The summed E-state index contributed by atoms with van der Waals surface area (Å²) in [7, 11) is 1.54. The normalized spacial score (nSPS) is 10.4. The minimum atomic E-state index is -0.546. The van der Waals surface area contributed by atoms with Gasteiger partial charge in [-0.3, -0.25) is 4.79 Å². The van der Waals surface area contributed by atoms with Crippen molar-refractivity contribution in [2.45, 2.75) is 4.90 Å². The van der Waals surface area contributed by atoms with Crippen molar-refractivity contribution in [1.29, 1.82) is 0 Å². The van der Waals surface area contributed by atoms with Gasteiger partial charge in [0, 0.05) is 24.6 Å². The average molecular weight is 295 g/mol. The van der Waals surface area contributed by atoms with E-state index in [0.29, 0.717) is 13.2 Å². The molecule has 0 bridgehead atoms. The summed E-state index contributed by atoms with van der Waals surface area (Å²) in [5.74, 6) is -0.894. The molecular formula is C14H17NO4S. The van der Waals surface area contributed by atoms with Crippen LogP contribution in [0.1, 0.15) is 0 Å². The van der Waals surface area contributed by atoms with Crippen LogP contribution in [0, 0.1) is 0 Å². The van der Waals surface area contributed by atoms with Gasteiger partial charge in [0.2, 0.25) is 0 Å². The Labute approximate surface area is 122 Å². The zero-order valence-electron chi connectivity index (χ0n) is 11.2. The molecule has 1 aromatic carbocycles. The third-order valence-electron chi connectivity index (χ3n) is 2.13. The number of amides is 1. The molecule has 20 heavy (non-hydrogen) atoms. The Balaban J connectivity index is 2.18. The van der Waals surface area contributed by atoms with Crippen LogP contribution in [0.2, 0.25) is 0 Å². The topological polar surface area (TPSA) is 64.6 Å². The first-order valence-corrected chi connectivity index (χ1v) is 6.91. The molecule has 0 saturated carbocycles. The fraction of sp³-hybridized carbons (Fsp3) is 0.286. The average Bonchev–Trinajstić information content (AvgIpc) is 2.46. The number of hydrogen-bond donors (Lipinski definition) is 1. The lowest BCUT2D eigenvalue weighted by atomic mass is 10.4. The van der Waals surface area contributed by atoms with E-state index in [1.165, 1.54) is 17.8 Å². The van der Waals surface area contributed by atoms with Gasteiger partial charge in [-0.05, 0) is 17.5 Å². The minimum Gasteiger partial charge on any atom is -0.452 e. The van der Waals surface area contributed by atoms with Crippen LogP contribution in [0.4, 0.5) is 0 Å². The second-order valence-electron chi connectivity index (χ2n) is 3.68. The third kappa shape index (κ3) is 7.60. The summed E-state index contributed by atoms with van der Waals surface area (Å²) >= 11 is 1.40. The Morgan fingerprint density at radius 3 is 2.75 bits per heavy atom. The molecule has 0 aliphatic heterocycles. The Kier molecular flexibility index (Phi) is 8.17. The Hall–Kier alpha value is -1.79. The summed E-state index contributed by atoms with van der Waals surface area (Å²) in [5, 5.41) is 4.18. The second kappa shape index (κ2) is 10.1. The fourth-order valence-electron chi connectivity index (χ4n) is 1.20. The van der Waals surface area contributed by atoms with E-state index >= 15 is 0 Å². The summed E-state index contributed by atoms with van der Waals surface area (Å²) in [6.07, 6.45) is 1.29. The summed E-state index contributed by atoms with van der Waals surface area (Å²) in [6, 6.07) is 9.62. The van der Waals surface area contributed by atoms with Gasteiger partial charge in [-0.2, -0.15) is 0 Å². The molecule has 6 heteroatoms. The predicted molar refractivity (Wildman–Crippen MR) is 77.3 cm³/mol. The minimum absolute atomic E-state index is 0.289. The Bertz CT molecular complexity index is 448. The van der Waals surface area contributed by atoms with E-state index in [9.17, 15) is 9.59 Å². The van der Waals surface area contributed by atoms with Gasteiger partial charge in [-0.25, -0.2) is 4.79 Å². The van der Waals surface area contributed by atoms with Gasteiger partial charge < -0.3 is 14.8 Å². The number of hydrogen-bond acceptors (Lipinski definition) is 5. The molecule has 0 radical (unpaired) electrons. The quantitative estimate of drug-likeness (QED) is 0.341. The maximum absolute atomic E-state index is 11.3. The van der Waals surface area contributed by atoms with E-state index in [0.717, 1.165) is 4.90 Å². The molecule has 1 amide bonds. The molecule has 1 rings (SSSR count). The molecule has 0 fully saturated rings. The van der Waals surface area contributed by atoms with Crippen LogP contribution in [0.25, 0.3) is 0 Å². The van der Waals surface area contributed by atoms with E-state index in [-0.39, 0.29) is 12.5 Å². The van der Waals surface area contributed by atoms with Gasteiger partial charge >= 0.3 is 5.97 Å². The Morgan fingerprint density at radius 2 is 2.05 bits per heavy atom. The summed E-state index contributed by atoms with van der Waals surface area (Å²) in [6.45, 7) is 0.531. The van der Waals surface area contributed by atoms with Crippen LogP contribution in [0.5, 0.6) is 0 Å². The highest BCUT2D eigenvalue weighted by Gasteiger charge is 2.03. The number of rotatable bonds is 8. The molecule has 0 aliphatic carbocycles. The lowest BCUT2D eigenvalue weighted by Crippen LogP contribution is -2.31. The van der Waals surface area contributed by atoms with Gasteiger partial charge in [-0.1, -0.05) is 30.0 Å². The van der Waals surface area contributed by atoms with Crippen LogP contribution in [0.3, 0.4) is 0 Å². The monoisotopic (exact) mass is 295 g/mol. The number of ether oxygens (including phenoxy) is 2. The molecule has 1 N–H and O–H groups in total. The largest absolute Gasteiger partial charge is 0.452 e. The lowest BCUT2D eigenvalue weighted by molar-refractivity contribution is -0.143. The molecule has 0 aromatic heterocycles. The number of methoxy groups -OCH3 is 1. The number of carbonyl (C=O) groups is 2. The second-order valence-corrected chi connectivity index (χ2v) is 4.66. The molecule has 0 heterocycles. The van der Waals surface area contributed by atoms with E-state index < -0.39 is 5.97 Å². The zero-order chi connectivity index (χ0) is 14.6. The van der Waals surface area contributed by atoms with Crippen molar-refractivity contribution < 1.29 is 19.1 Å². The predicted octanol–water partition coefficient (Wildman–Crippen LogP) is 1.60. The van der Waals surface area contributed by atoms with Gasteiger partial charge in [-0.15, -0.1) is 0 Å². The molecule has 0 unspecified atom stereocenters. The number of carbonyl (C=O) groups excluding carboxylic acids is 2. The van der Waals surface area contributed by atoms with Gasteiger partial charge in [0.05, 0.1) is 6.61 Å². The first-order valence-electron chi connectivity index (χ1n) is 6.03. The molecular weight excluding hydrogens is 278 g/mol. The SMILES string of the molecule is COCCNC(=O)COC(=O)/C=C/Sc1ccccc1. The van der Waals surface area contributed by atoms with Crippen molar-refractivity contribution in [1.82, 2.24) is 5.32 Å². The molecule has 0 atom stereocenters. The zero-order valence-corrected chi connectivity index (χ0v) is 12.0. The smallest absolute Gasteiger partial charge is 0.331 e.